The highest BCUT2D eigenvalue weighted by atomic mass is 35.5. The van der Waals surface area contributed by atoms with Crippen molar-refractivity contribution in [1.29, 1.82) is 0 Å². The molecule has 9 heteroatoms. The lowest BCUT2D eigenvalue weighted by Crippen LogP contribution is -2.40. The smallest absolute Gasteiger partial charge is 0.264 e. The van der Waals surface area contributed by atoms with Crippen LogP contribution in [-0.2, 0) is 21.4 Å². The second kappa shape index (κ2) is 10.4. The minimum absolute atomic E-state index is 0.0408. The van der Waals surface area contributed by atoms with Crippen LogP contribution in [0, 0.1) is 0 Å². The van der Waals surface area contributed by atoms with Gasteiger partial charge in [0, 0.05) is 17.6 Å². The van der Waals surface area contributed by atoms with Gasteiger partial charge >= 0.3 is 0 Å². The molecular weight excluding hydrogens is 452 g/mol. The minimum atomic E-state index is -4.11. The summed E-state index contributed by atoms with van der Waals surface area (Å²) in [6.45, 7) is -0.129. The third-order valence-corrected chi connectivity index (χ3v) is 6.70. The Morgan fingerprint density at radius 1 is 0.938 bits per heavy atom. The van der Waals surface area contributed by atoms with E-state index in [0.717, 1.165) is 9.87 Å². The van der Waals surface area contributed by atoms with Crippen molar-refractivity contribution in [3.63, 3.8) is 0 Å². The molecule has 0 saturated heterocycles. The maximum atomic E-state index is 13.5. The maximum Gasteiger partial charge on any atom is 0.264 e. The molecule has 0 radical (unpaired) electrons. The number of carbonyl (C=O) groups is 1. The van der Waals surface area contributed by atoms with E-state index in [4.69, 9.17) is 21.1 Å². The lowest BCUT2D eigenvalue weighted by Gasteiger charge is -2.24. The molecule has 0 atom stereocenters. The molecule has 7 nitrogen and oxygen atoms in total. The van der Waals surface area contributed by atoms with Gasteiger partial charge in [-0.25, -0.2) is 8.42 Å². The number of nitrogens with one attached hydrogen (secondary N) is 1. The van der Waals surface area contributed by atoms with Crippen LogP contribution in [0.4, 0.5) is 5.69 Å². The second-order valence-corrected chi connectivity index (χ2v) is 9.07. The van der Waals surface area contributed by atoms with Crippen molar-refractivity contribution in [3.8, 4) is 11.5 Å². The monoisotopic (exact) mass is 474 g/mol. The Morgan fingerprint density at radius 2 is 1.59 bits per heavy atom. The predicted octanol–water partition coefficient (Wildman–Crippen LogP) is 3.87. The summed E-state index contributed by atoms with van der Waals surface area (Å²) in [7, 11) is -1.23. The largest absolute Gasteiger partial charge is 0.493 e. The van der Waals surface area contributed by atoms with Crippen molar-refractivity contribution in [2.24, 2.45) is 0 Å². The summed E-state index contributed by atoms with van der Waals surface area (Å²) in [5, 5.41) is 3.21. The summed E-state index contributed by atoms with van der Waals surface area (Å²) in [6.07, 6.45) is 0. The van der Waals surface area contributed by atoms with Crippen molar-refractivity contribution in [3.05, 3.63) is 83.4 Å². The van der Waals surface area contributed by atoms with Crippen LogP contribution < -0.4 is 19.1 Å². The summed E-state index contributed by atoms with van der Waals surface area (Å²) in [5.41, 5.74) is 1.21. The SMILES string of the molecule is COc1ccc(S(=O)(=O)N(CC(=O)NCc2ccccc2)c2ccc(Cl)cc2)cc1OC. The van der Waals surface area contributed by atoms with E-state index in [-0.39, 0.29) is 17.2 Å². The number of sulfonamides is 1. The number of methoxy groups -OCH3 is 2. The summed E-state index contributed by atoms with van der Waals surface area (Å²) in [4.78, 5) is 12.6. The van der Waals surface area contributed by atoms with Crippen LogP contribution in [0.1, 0.15) is 5.56 Å². The van der Waals surface area contributed by atoms with Crippen LogP contribution in [0.3, 0.4) is 0 Å². The molecule has 0 aliphatic heterocycles. The Morgan fingerprint density at radius 3 is 2.22 bits per heavy atom. The average molecular weight is 475 g/mol. The van der Waals surface area contributed by atoms with Gasteiger partial charge in [0.05, 0.1) is 24.8 Å². The first-order chi connectivity index (χ1) is 15.3. The quantitative estimate of drug-likeness (QED) is 0.509. The van der Waals surface area contributed by atoms with Gasteiger partial charge in [0.15, 0.2) is 11.5 Å². The van der Waals surface area contributed by atoms with Gasteiger partial charge in [-0.2, -0.15) is 0 Å². The van der Waals surface area contributed by atoms with Crippen molar-refractivity contribution in [2.75, 3.05) is 25.1 Å². The topological polar surface area (TPSA) is 84.9 Å². The number of rotatable bonds is 9. The molecular formula is C23H23ClN2O5S. The first kappa shape index (κ1) is 23.4. The molecule has 0 aliphatic carbocycles. The first-order valence-corrected chi connectivity index (χ1v) is 11.5. The predicted molar refractivity (Wildman–Crippen MR) is 124 cm³/mol. The lowest BCUT2D eigenvalue weighted by molar-refractivity contribution is -0.119. The number of hydrogen-bond acceptors (Lipinski definition) is 5. The molecule has 0 fully saturated rings. The number of anilines is 1. The van der Waals surface area contributed by atoms with Crippen molar-refractivity contribution < 1.29 is 22.7 Å². The Bertz CT molecular complexity index is 1170. The van der Waals surface area contributed by atoms with Gasteiger partial charge in [0.2, 0.25) is 5.91 Å². The van der Waals surface area contributed by atoms with Crippen LogP contribution in [0.15, 0.2) is 77.7 Å². The van der Waals surface area contributed by atoms with E-state index in [1.54, 1.807) is 24.3 Å². The Hall–Kier alpha value is -3.23. The van der Waals surface area contributed by atoms with Crippen molar-refractivity contribution in [1.82, 2.24) is 5.32 Å². The summed E-state index contributed by atoms with van der Waals surface area (Å²) >= 11 is 5.97. The maximum absolute atomic E-state index is 13.5. The lowest BCUT2D eigenvalue weighted by atomic mass is 10.2. The molecule has 3 rings (SSSR count). The normalized spacial score (nSPS) is 11.0. The molecule has 32 heavy (non-hydrogen) atoms. The Kier molecular flexibility index (Phi) is 7.61. The van der Waals surface area contributed by atoms with E-state index < -0.39 is 22.5 Å². The number of amides is 1. The molecule has 0 spiro atoms. The summed E-state index contributed by atoms with van der Waals surface area (Å²) < 4.78 is 38.5. The molecule has 3 aromatic carbocycles. The van der Waals surface area contributed by atoms with E-state index in [1.165, 1.54) is 32.4 Å². The zero-order chi connectivity index (χ0) is 23.1. The molecule has 0 aliphatic rings. The molecule has 0 aromatic heterocycles. The van der Waals surface area contributed by atoms with Gasteiger partial charge in [0.1, 0.15) is 6.54 Å². The summed E-state index contributed by atoms with van der Waals surface area (Å²) in [5.74, 6) is 0.205. The fraction of sp³-hybridized carbons (Fsp3) is 0.174. The van der Waals surface area contributed by atoms with Gasteiger partial charge in [0.25, 0.3) is 10.0 Å². The van der Waals surface area contributed by atoms with Crippen LogP contribution >= 0.6 is 11.6 Å². The third kappa shape index (κ3) is 5.52. The van der Waals surface area contributed by atoms with E-state index in [2.05, 4.69) is 5.32 Å². The van der Waals surface area contributed by atoms with Gasteiger partial charge < -0.3 is 14.8 Å². The van der Waals surface area contributed by atoms with Crippen LogP contribution in [0.25, 0.3) is 0 Å². The highest BCUT2D eigenvalue weighted by molar-refractivity contribution is 7.92. The Labute approximate surface area is 192 Å². The Balaban J connectivity index is 1.91. The number of benzene rings is 3. The number of ether oxygens (including phenoxy) is 2. The average Bonchev–Trinajstić information content (AvgIpc) is 2.82. The van der Waals surface area contributed by atoms with Crippen molar-refractivity contribution in [2.45, 2.75) is 11.4 Å². The minimum Gasteiger partial charge on any atom is -0.493 e. The van der Waals surface area contributed by atoms with E-state index in [9.17, 15) is 13.2 Å². The third-order valence-electron chi connectivity index (χ3n) is 4.68. The van der Waals surface area contributed by atoms with E-state index in [0.29, 0.717) is 16.5 Å². The van der Waals surface area contributed by atoms with Crippen LogP contribution in [0.2, 0.25) is 5.02 Å². The molecule has 1 N–H and O–H groups in total. The standard InChI is InChI=1S/C23H23ClN2O5S/c1-30-21-13-12-20(14-22(21)31-2)32(28,29)26(19-10-8-18(24)9-11-19)16-23(27)25-15-17-6-4-3-5-7-17/h3-14H,15-16H2,1-2H3,(H,25,27). The molecule has 0 saturated carbocycles. The van der Waals surface area contributed by atoms with Gasteiger partial charge in [-0.05, 0) is 42.0 Å². The first-order valence-electron chi connectivity index (χ1n) is 9.66. The van der Waals surface area contributed by atoms with E-state index in [1.807, 2.05) is 30.3 Å². The second-order valence-electron chi connectivity index (χ2n) is 6.77. The zero-order valence-electron chi connectivity index (χ0n) is 17.6. The van der Waals surface area contributed by atoms with E-state index >= 15 is 0 Å². The number of nitrogens with zero attached hydrogens (tertiary/aromatic N) is 1. The molecule has 3 aromatic rings. The molecule has 1 amide bonds. The van der Waals surface area contributed by atoms with Crippen LogP contribution in [0.5, 0.6) is 11.5 Å². The van der Waals surface area contributed by atoms with Gasteiger partial charge in [-0.1, -0.05) is 41.9 Å². The highest BCUT2D eigenvalue weighted by Gasteiger charge is 2.28. The molecule has 168 valence electrons. The number of halogens is 1. The molecule has 0 bridgehead atoms. The zero-order valence-corrected chi connectivity index (χ0v) is 19.2. The fourth-order valence-corrected chi connectivity index (χ4v) is 4.57. The summed E-state index contributed by atoms with van der Waals surface area (Å²) in [6, 6.07) is 19.8. The van der Waals surface area contributed by atoms with Gasteiger partial charge in [-0.3, -0.25) is 9.10 Å². The van der Waals surface area contributed by atoms with Gasteiger partial charge in [-0.15, -0.1) is 0 Å². The number of hydrogen-bond donors (Lipinski definition) is 1. The number of carbonyl (C=O) groups excluding carboxylic acids is 1. The fourth-order valence-electron chi connectivity index (χ4n) is 3.01. The highest BCUT2D eigenvalue weighted by Crippen LogP contribution is 2.32. The molecule has 0 heterocycles. The van der Waals surface area contributed by atoms with Crippen LogP contribution in [-0.4, -0.2) is 35.1 Å². The molecule has 0 unspecified atom stereocenters. The van der Waals surface area contributed by atoms with Crippen molar-refractivity contribution >= 4 is 33.2 Å².